The van der Waals surface area contributed by atoms with E-state index in [1.807, 2.05) is 31.2 Å². The molecule has 0 unspecified atom stereocenters. The molecule has 2 rings (SSSR count). The Morgan fingerprint density at radius 1 is 1.14 bits per heavy atom. The van der Waals surface area contributed by atoms with Gasteiger partial charge in [0.05, 0.1) is 13.7 Å². The first kappa shape index (κ1) is 14.9. The highest BCUT2D eigenvalue weighted by molar-refractivity contribution is 5.94. The van der Waals surface area contributed by atoms with Crippen LogP contribution in [0.1, 0.15) is 22.8 Å². The maximum Gasteiger partial charge on any atom is 0.251 e. The van der Waals surface area contributed by atoms with Crippen molar-refractivity contribution in [2.75, 3.05) is 13.7 Å². The van der Waals surface area contributed by atoms with Gasteiger partial charge in [0.15, 0.2) is 0 Å². The van der Waals surface area contributed by atoms with Crippen molar-refractivity contribution < 1.29 is 14.3 Å². The molecule has 0 atom stereocenters. The molecule has 0 bridgehead atoms. The molecule has 0 aliphatic rings. The van der Waals surface area contributed by atoms with Crippen molar-refractivity contribution in [3.05, 3.63) is 59.7 Å². The lowest BCUT2D eigenvalue weighted by atomic mass is 10.1. The van der Waals surface area contributed by atoms with Gasteiger partial charge < -0.3 is 14.8 Å². The highest BCUT2D eigenvalue weighted by Crippen LogP contribution is 2.18. The second kappa shape index (κ2) is 7.33. The van der Waals surface area contributed by atoms with E-state index in [0.29, 0.717) is 24.5 Å². The van der Waals surface area contributed by atoms with Crippen LogP contribution >= 0.6 is 0 Å². The van der Waals surface area contributed by atoms with Gasteiger partial charge in [0.1, 0.15) is 11.5 Å². The number of carbonyl (C=O) groups excluding carboxylic acids is 1. The molecule has 0 saturated carbocycles. The van der Waals surface area contributed by atoms with Crippen molar-refractivity contribution in [3.63, 3.8) is 0 Å². The Hall–Kier alpha value is -2.49. The molecule has 21 heavy (non-hydrogen) atoms. The Kier molecular flexibility index (Phi) is 5.21. The van der Waals surface area contributed by atoms with Crippen LogP contribution in [0.3, 0.4) is 0 Å². The number of methoxy groups -OCH3 is 1. The van der Waals surface area contributed by atoms with Gasteiger partial charge in [-0.15, -0.1) is 0 Å². The summed E-state index contributed by atoms with van der Waals surface area (Å²) in [6, 6.07) is 14.8. The molecular formula is C17H19NO3. The lowest BCUT2D eigenvalue weighted by Gasteiger charge is -2.11. The summed E-state index contributed by atoms with van der Waals surface area (Å²) in [7, 11) is 1.58. The zero-order valence-electron chi connectivity index (χ0n) is 12.3. The van der Waals surface area contributed by atoms with Crippen LogP contribution in [0, 0.1) is 0 Å². The van der Waals surface area contributed by atoms with E-state index >= 15 is 0 Å². The van der Waals surface area contributed by atoms with Crippen molar-refractivity contribution in [3.8, 4) is 11.5 Å². The molecule has 0 fully saturated rings. The van der Waals surface area contributed by atoms with Crippen LogP contribution in [0.15, 0.2) is 48.5 Å². The van der Waals surface area contributed by atoms with Crippen molar-refractivity contribution in [1.29, 1.82) is 0 Å². The van der Waals surface area contributed by atoms with E-state index in [-0.39, 0.29) is 5.91 Å². The largest absolute Gasteiger partial charge is 0.497 e. The number of rotatable bonds is 6. The molecule has 0 saturated heterocycles. The minimum atomic E-state index is -0.139. The van der Waals surface area contributed by atoms with Crippen molar-refractivity contribution in [1.82, 2.24) is 5.32 Å². The lowest BCUT2D eigenvalue weighted by molar-refractivity contribution is 0.0950. The molecule has 2 aromatic carbocycles. The van der Waals surface area contributed by atoms with Crippen molar-refractivity contribution >= 4 is 5.91 Å². The summed E-state index contributed by atoms with van der Waals surface area (Å²) in [5.74, 6) is 1.32. The maximum absolute atomic E-state index is 12.1. The van der Waals surface area contributed by atoms with Crippen LogP contribution in [-0.2, 0) is 6.54 Å². The number of ether oxygens (including phenoxy) is 2. The third kappa shape index (κ3) is 3.99. The van der Waals surface area contributed by atoms with Gasteiger partial charge in [-0.25, -0.2) is 0 Å². The summed E-state index contributed by atoms with van der Waals surface area (Å²) in [5, 5.41) is 2.89. The summed E-state index contributed by atoms with van der Waals surface area (Å²) in [6.07, 6.45) is 0. The van der Waals surface area contributed by atoms with E-state index in [0.717, 1.165) is 11.3 Å². The monoisotopic (exact) mass is 285 g/mol. The fourth-order valence-electron chi connectivity index (χ4n) is 1.99. The molecule has 1 N–H and O–H groups in total. The molecular weight excluding hydrogens is 266 g/mol. The normalized spacial score (nSPS) is 10.0. The Labute approximate surface area is 124 Å². The van der Waals surface area contributed by atoms with E-state index in [1.165, 1.54) is 0 Å². The molecule has 110 valence electrons. The molecule has 4 nitrogen and oxygen atoms in total. The highest BCUT2D eigenvalue weighted by atomic mass is 16.5. The molecule has 4 heteroatoms. The Balaban J connectivity index is 2.04. The van der Waals surface area contributed by atoms with Gasteiger partial charge in [0.25, 0.3) is 5.91 Å². The second-order valence-corrected chi connectivity index (χ2v) is 4.46. The van der Waals surface area contributed by atoms with Gasteiger partial charge >= 0.3 is 0 Å². The van der Waals surface area contributed by atoms with Crippen molar-refractivity contribution in [2.45, 2.75) is 13.5 Å². The standard InChI is InChI=1S/C17H19NO3/c1-3-21-16-10-5-4-7-14(16)12-18-17(19)13-8-6-9-15(11-13)20-2/h4-11H,3,12H2,1-2H3,(H,18,19). The number of para-hydroxylation sites is 1. The van der Waals surface area contributed by atoms with E-state index in [9.17, 15) is 4.79 Å². The third-order valence-electron chi connectivity index (χ3n) is 3.04. The molecule has 0 aliphatic carbocycles. The second-order valence-electron chi connectivity index (χ2n) is 4.46. The minimum Gasteiger partial charge on any atom is -0.497 e. The number of hydrogen-bond acceptors (Lipinski definition) is 3. The average molecular weight is 285 g/mol. The van der Waals surface area contributed by atoms with E-state index < -0.39 is 0 Å². The number of benzene rings is 2. The topological polar surface area (TPSA) is 47.6 Å². The summed E-state index contributed by atoms with van der Waals surface area (Å²) in [4.78, 5) is 12.1. The smallest absolute Gasteiger partial charge is 0.251 e. The van der Waals surface area contributed by atoms with E-state index in [2.05, 4.69) is 5.32 Å². The Morgan fingerprint density at radius 3 is 2.71 bits per heavy atom. The van der Waals surface area contributed by atoms with Crippen LogP contribution in [-0.4, -0.2) is 19.6 Å². The van der Waals surface area contributed by atoms with Crippen LogP contribution in [0.2, 0.25) is 0 Å². The summed E-state index contributed by atoms with van der Waals surface area (Å²) < 4.78 is 10.7. The lowest BCUT2D eigenvalue weighted by Crippen LogP contribution is -2.23. The number of carbonyl (C=O) groups is 1. The van der Waals surface area contributed by atoms with Crippen LogP contribution in [0.4, 0.5) is 0 Å². The SMILES string of the molecule is CCOc1ccccc1CNC(=O)c1cccc(OC)c1. The molecule has 0 radical (unpaired) electrons. The number of hydrogen-bond donors (Lipinski definition) is 1. The minimum absolute atomic E-state index is 0.139. The molecule has 0 heterocycles. The third-order valence-corrected chi connectivity index (χ3v) is 3.04. The van der Waals surface area contributed by atoms with Crippen molar-refractivity contribution in [2.24, 2.45) is 0 Å². The summed E-state index contributed by atoms with van der Waals surface area (Å²) >= 11 is 0. The predicted molar refractivity (Wildman–Crippen MR) is 81.8 cm³/mol. The van der Waals surface area contributed by atoms with Crippen LogP contribution in [0.25, 0.3) is 0 Å². The van der Waals surface area contributed by atoms with Gasteiger partial charge in [0.2, 0.25) is 0 Å². The average Bonchev–Trinajstić information content (AvgIpc) is 2.54. The first-order valence-electron chi connectivity index (χ1n) is 6.87. The summed E-state index contributed by atoms with van der Waals surface area (Å²) in [6.45, 7) is 2.96. The zero-order valence-corrected chi connectivity index (χ0v) is 12.3. The fourth-order valence-corrected chi connectivity index (χ4v) is 1.99. The van der Waals surface area contributed by atoms with Gasteiger partial charge in [-0.2, -0.15) is 0 Å². The van der Waals surface area contributed by atoms with Gasteiger partial charge in [0, 0.05) is 17.7 Å². The number of amides is 1. The zero-order chi connectivity index (χ0) is 15.1. The van der Waals surface area contributed by atoms with E-state index in [1.54, 1.807) is 31.4 Å². The quantitative estimate of drug-likeness (QED) is 0.887. The molecule has 1 amide bonds. The van der Waals surface area contributed by atoms with Crippen LogP contribution in [0.5, 0.6) is 11.5 Å². The predicted octanol–water partition coefficient (Wildman–Crippen LogP) is 3.02. The van der Waals surface area contributed by atoms with Gasteiger partial charge in [-0.1, -0.05) is 24.3 Å². The molecule has 0 spiro atoms. The van der Waals surface area contributed by atoms with E-state index in [4.69, 9.17) is 9.47 Å². The van der Waals surface area contributed by atoms with Crippen LogP contribution < -0.4 is 14.8 Å². The fraction of sp³-hybridized carbons (Fsp3) is 0.235. The Bertz CT molecular complexity index is 610. The number of nitrogens with one attached hydrogen (secondary N) is 1. The molecule has 2 aromatic rings. The highest BCUT2D eigenvalue weighted by Gasteiger charge is 2.08. The molecule has 0 aromatic heterocycles. The first-order valence-corrected chi connectivity index (χ1v) is 6.87. The van der Waals surface area contributed by atoms with Gasteiger partial charge in [-0.3, -0.25) is 4.79 Å². The maximum atomic E-state index is 12.1. The first-order chi connectivity index (χ1) is 10.2. The van der Waals surface area contributed by atoms with Gasteiger partial charge in [-0.05, 0) is 31.2 Å². The Morgan fingerprint density at radius 2 is 1.95 bits per heavy atom. The summed E-state index contributed by atoms with van der Waals surface area (Å²) in [5.41, 5.74) is 1.53. The molecule has 0 aliphatic heterocycles.